The van der Waals surface area contributed by atoms with Crippen LogP contribution in [0.25, 0.3) is 0 Å². The summed E-state index contributed by atoms with van der Waals surface area (Å²) >= 11 is 0. The van der Waals surface area contributed by atoms with Gasteiger partial charge in [0.15, 0.2) is 0 Å². The summed E-state index contributed by atoms with van der Waals surface area (Å²) in [7, 11) is 3.32. The Balaban J connectivity index is 3.21. The molecule has 1 aromatic carbocycles. The summed E-state index contributed by atoms with van der Waals surface area (Å²) in [5.41, 5.74) is 1.83. The molecule has 108 valence electrons. The molecule has 0 amide bonds. The molecule has 0 fully saturated rings. The lowest BCUT2D eigenvalue weighted by atomic mass is 10.0. The van der Waals surface area contributed by atoms with Crippen molar-refractivity contribution in [3.63, 3.8) is 0 Å². The number of hydrogen-bond acceptors (Lipinski definition) is 4. The summed E-state index contributed by atoms with van der Waals surface area (Å²) in [6.07, 6.45) is -0.574. The van der Waals surface area contributed by atoms with E-state index in [1.54, 1.807) is 21.1 Å². The van der Waals surface area contributed by atoms with E-state index in [4.69, 9.17) is 9.47 Å². The van der Waals surface area contributed by atoms with Gasteiger partial charge in [0, 0.05) is 30.9 Å². The minimum Gasteiger partial charge on any atom is -0.496 e. The molecule has 1 rings (SSSR count). The zero-order chi connectivity index (χ0) is 14.4. The Morgan fingerprint density at radius 2 is 1.89 bits per heavy atom. The average molecular weight is 267 g/mol. The van der Waals surface area contributed by atoms with Gasteiger partial charge < -0.3 is 19.5 Å². The van der Waals surface area contributed by atoms with Gasteiger partial charge in [-0.3, -0.25) is 0 Å². The first-order valence-electron chi connectivity index (χ1n) is 6.63. The second-order valence-electron chi connectivity index (χ2n) is 4.85. The maximum absolute atomic E-state index is 10.0. The Morgan fingerprint density at radius 3 is 2.37 bits per heavy atom. The third-order valence-electron chi connectivity index (χ3n) is 3.15. The van der Waals surface area contributed by atoms with Crippen LogP contribution in [0, 0.1) is 0 Å². The van der Waals surface area contributed by atoms with E-state index in [0.717, 1.165) is 23.5 Å². The number of aliphatic hydroxyl groups excluding tert-OH is 1. The smallest absolute Gasteiger partial charge is 0.126 e. The molecule has 0 aliphatic heterocycles. The van der Waals surface area contributed by atoms with Gasteiger partial charge in [0.25, 0.3) is 0 Å². The highest BCUT2D eigenvalue weighted by Crippen LogP contribution is 2.35. The molecule has 1 aromatic rings. The van der Waals surface area contributed by atoms with E-state index in [2.05, 4.69) is 18.7 Å². The van der Waals surface area contributed by atoms with Crippen LogP contribution in [0.1, 0.15) is 32.4 Å². The normalized spacial score (nSPS) is 12.6. The van der Waals surface area contributed by atoms with Crippen LogP contribution in [0.2, 0.25) is 0 Å². The maximum Gasteiger partial charge on any atom is 0.126 e. The Kier molecular flexibility index (Phi) is 6.12. The molecule has 4 heteroatoms. The van der Waals surface area contributed by atoms with Gasteiger partial charge in [-0.05, 0) is 32.9 Å². The molecular weight excluding hydrogens is 242 g/mol. The van der Waals surface area contributed by atoms with E-state index >= 15 is 0 Å². The highest BCUT2D eigenvalue weighted by Gasteiger charge is 2.20. The van der Waals surface area contributed by atoms with Crippen LogP contribution in [0.4, 0.5) is 5.69 Å². The summed E-state index contributed by atoms with van der Waals surface area (Å²) in [6, 6.07) is 6.16. The first-order chi connectivity index (χ1) is 9.02. The van der Waals surface area contributed by atoms with Gasteiger partial charge in [-0.2, -0.15) is 0 Å². The van der Waals surface area contributed by atoms with E-state index in [1.165, 1.54) is 0 Å². The van der Waals surface area contributed by atoms with Crippen LogP contribution in [0.5, 0.6) is 5.75 Å². The second kappa shape index (κ2) is 7.36. The van der Waals surface area contributed by atoms with E-state index in [1.807, 2.05) is 18.2 Å². The zero-order valence-electron chi connectivity index (χ0n) is 12.5. The minimum absolute atomic E-state index is 0.319. The summed E-state index contributed by atoms with van der Waals surface area (Å²) in [6.45, 7) is 7.44. The molecule has 0 unspecified atom stereocenters. The number of nitrogens with zero attached hydrogens (tertiary/aromatic N) is 1. The second-order valence-corrected chi connectivity index (χ2v) is 4.85. The fourth-order valence-corrected chi connectivity index (χ4v) is 2.23. The predicted molar refractivity (Wildman–Crippen MR) is 78.0 cm³/mol. The molecule has 0 bridgehead atoms. The number of aliphatic hydroxyl groups is 1. The van der Waals surface area contributed by atoms with Crippen LogP contribution >= 0.6 is 0 Å². The highest BCUT2D eigenvalue weighted by atomic mass is 16.5. The summed E-state index contributed by atoms with van der Waals surface area (Å²) in [5.74, 6) is 0.718. The van der Waals surface area contributed by atoms with Crippen molar-refractivity contribution in [2.24, 2.45) is 0 Å². The largest absolute Gasteiger partial charge is 0.496 e. The molecule has 0 spiro atoms. The van der Waals surface area contributed by atoms with Gasteiger partial charge in [0.05, 0.1) is 19.8 Å². The van der Waals surface area contributed by atoms with E-state index in [-0.39, 0.29) is 0 Å². The van der Waals surface area contributed by atoms with Crippen molar-refractivity contribution in [3.05, 3.63) is 23.8 Å². The van der Waals surface area contributed by atoms with Gasteiger partial charge in [-0.1, -0.05) is 6.07 Å². The summed E-state index contributed by atoms with van der Waals surface area (Å²) in [5, 5.41) is 10.0. The zero-order valence-corrected chi connectivity index (χ0v) is 12.5. The molecule has 19 heavy (non-hydrogen) atoms. The SMILES string of the molecule is COCCN(c1cccc(OC)c1[C@H](C)O)C(C)C. The Bertz CT molecular complexity index is 391. The van der Waals surface area contributed by atoms with Crippen LogP contribution < -0.4 is 9.64 Å². The lowest BCUT2D eigenvalue weighted by Gasteiger charge is -2.32. The number of benzene rings is 1. The standard InChI is InChI=1S/C15H25NO3/c1-11(2)16(9-10-18-4)13-7-6-8-14(19-5)15(13)12(3)17/h6-8,11-12,17H,9-10H2,1-5H3/t12-/m0/s1. The van der Waals surface area contributed by atoms with Crippen LogP contribution in [0.15, 0.2) is 18.2 Å². The van der Waals surface area contributed by atoms with Crippen molar-refractivity contribution in [2.45, 2.75) is 32.9 Å². The summed E-state index contributed by atoms with van der Waals surface area (Å²) < 4.78 is 10.5. The molecule has 1 atom stereocenters. The Morgan fingerprint density at radius 1 is 1.21 bits per heavy atom. The number of hydrogen-bond donors (Lipinski definition) is 1. The number of rotatable bonds is 7. The topological polar surface area (TPSA) is 41.9 Å². The van der Waals surface area contributed by atoms with Gasteiger partial charge in [-0.25, -0.2) is 0 Å². The molecule has 0 aromatic heterocycles. The number of anilines is 1. The number of ether oxygens (including phenoxy) is 2. The predicted octanol–water partition coefficient (Wildman–Crippen LogP) is 2.61. The third-order valence-corrected chi connectivity index (χ3v) is 3.15. The van der Waals surface area contributed by atoms with Gasteiger partial charge >= 0.3 is 0 Å². The monoisotopic (exact) mass is 267 g/mol. The minimum atomic E-state index is -0.574. The van der Waals surface area contributed by atoms with Gasteiger partial charge in [0.2, 0.25) is 0 Å². The maximum atomic E-state index is 10.0. The fourth-order valence-electron chi connectivity index (χ4n) is 2.23. The van der Waals surface area contributed by atoms with Crippen LogP contribution in [-0.4, -0.2) is 38.5 Å². The molecule has 0 aliphatic carbocycles. The fraction of sp³-hybridized carbons (Fsp3) is 0.600. The van der Waals surface area contributed by atoms with Crippen molar-refractivity contribution in [3.8, 4) is 5.75 Å². The molecule has 1 N–H and O–H groups in total. The van der Waals surface area contributed by atoms with Crippen molar-refractivity contribution < 1.29 is 14.6 Å². The lowest BCUT2D eigenvalue weighted by Crippen LogP contribution is -2.34. The molecule has 0 saturated heterocycles. The molecular formula is C15H25NO3. The van der Waals surface area contributed by atoms with Gasteiger partial charge in [-0.15, -0.1) is 0 Å². The highest BCUT2D eigenvalue weighted by molar-refractivity contribution is 5.61. The van der Waals surface area contributed by atoms with Crippen molar-refractivity contribution in [1.29, 1.82) is 0 Å². The first-order valence-corrected chi connectivity index (χ1v) is 6.63. The van der Waals surface area contributed by atoms with Crippen LogP contribution in [-0.2, 0) is 4.74 Å². The molecule has 0 saturated carbocycles. The lowest BCUT2D eigenvalue weighted by molar-refractivity contribution is 0.192. The number of methoxy groups -OCH3 is 2. The Labute approximate surface area is 115 Å². The van der Waals surface area contributed by atoms with Crippen molar-refractivity contribution >= 4 is 5.69 Å². The van der Waals surface area contributed by atoms with E-state index in [9.17, 15) is 5.11 Å². The first kappa shape index (κ1) is 15.8. The Hall–Kier alpha value is -1.26. The van der Waals surface area contributed by atoms with Crippen LogP contribution in [0.3, 0.4) is 0 Å². The third kappa shape index (κ3) is 3.85. The molecule has 0 heterocycles. The molecule has 4 nitrogen and oxygen atoms in total. The van der Waals surface area contributed by atoms with Crippen molar-refractivity contribution in [1.82, 2.24) is 0 Å². The van der Waals surface area contributed by atoms with E-state index < -0.39 is 6.10 Å². The summed E-state index contributed by atoms with van der Waals surface area (Å²) in [4.78, 5) is 2.22. The quantitative estimate of drug-likeness (QED) is 0.824. The molecule has 0 radical (unpaired) electrons. The van der Waals surface area contributed by atoms with Crippen molar-refractivity contribution in [2.75, 3.05) is 32.3 Å². The van der Waals surface area contributed by atoms with Gasteiger partial charge in [0.1, 0.15) is 5.75 Å². The van der Waals surface area contributed by atoms with E-state index in [0.29, 0.717) is 12.6 Å². The average Bonchev–Trinajstić information content (AvgIpc) is 2.38. The molecule has 0 aliphatic rings.